The number of allylic oxidation sites excluding steroid dienone is 14. The van der Waals surface area contributed by atoms with Crippen molar-refractivity contribution in [3.63, 3.8) is 0 Å². The maximum absolute atomic E-state index is 13.0. The number of carboxylic acids is 1. The zero-order valence-corrected chi connectivity index (χ0v) is 63.3. The van der Waals surface area contributed by atoms with Crippen LogP contribution in [0.1, 0.15) is 386 Å². The molecule has 9 heteroatoms. The Morgan fingerprint density at radius 1 is 0.326 bits per heavy atom. The van der Waals surface area contributed by atoms with Crippen LogP contribution >= 0.6 is 0 Å². The highest BCUT2D eigenvalue weighted by molar-refractivity contribution is 5.70. The van der Waals surface area contributed by atoms with Crippen molar-refractivity contribution in [3.05, 3.63) is 85.1 Å². The number of hydrogen-bond acceptors (Lipinski definition) is 8. The number of ether oxygens (including phenoxy) is 4. The fourth-order valence-corrected chi connectivity index (χ4v) is 12.0. The van der Waals surface area contributed by atoms with E-state index in [4.69, 9.17) is 18.9 Å². The van der Waals surface area contributed by atoms with E-state index in [0.717, 1.165) is 70.6 Å². The standard InChI is InChI=1S/C86H155NO8/c1-6-8-10-12-14-16-18-20-22-24-26-28-30-32-34-36-37-38-39-40-41-42-43-44-45-46-47-49-51-53-55-57-59-61-63-65-67-69-71-73-75-77-84(89)95-82(81-94-86(85(90)91)92-79-78-87(3,4)5)80-93-83(88)76-74-72-70-68-66-64-62-60-58-56-54-52-50-48-35-33-31-29-27-25-23-21-19-17-15-13-11-9-7-2/h8,10,14,16,20,22,25-28,32,34,37-38,82,86H,6-7,9,11-13,15,17-19,21,23-24,29-31,33,35-36,39-81H2,1-5H3/b10-8-,16-14-,22-20-,27-25-,28-26-,34-32-,38-37-. The van der Waals surface area contributed by atoms with E-state index in [-0.39, 0.29) is 32.2 Å². The summed E-state index contributed by atoms with van der Waals surface area (Å²) < 4.78 is 22.9. The zero-order valence-electron chi connectivity index (χ0n) is 63.3. The van der Waals surface area contributed by atoms with E-state index in [0.29, 0.717) is 23.9 Å². The molecular weight excluding hydrogens is 1170 g/mol. The van der Waals surface area contributed by atoms with E-state index in [9.17, 15) is 19.5 Å². The van der Waals surface area contributed by atoms with Gasteiger partial charge in [-0.15, -0.1) is 0 Å². The summed E-state index contributed by atoms with van der Waals surface area (Å²) in [6.45, 7) is 4.69. The molecule has 0 spiro atoms. The van der Waals surface area contributed by atoms with Crippen LogP contribution in [0.25, 0.3) is 0 Å². The minimum Gasteiger partial charge on any atom is -0.545 e. The van der Waals surface area contributed by atoms with Crippen LogP contribution in [0.4, 0.5) is 0 Å². The number of carbonyl (C=O) groups is 3. The van der Waals surface area contributed by atoms with Gasteiger partial charge in [0.2, 0.25) is 0 Å². The summed E-state index contributed by atoms with van der Waals surface area (Å²) >= 11 is 0. The van der Waals surface area contributed by atoms with Gasteiger partial charge in [-0.1, -0.05) is 369 Å². The highest BCUT2D eigenvalue weighted by Gasteiger charge is 2.22. The third-order valence-corrected chi connectivity index (χ3v) is 18.1. The Morgan fingerprint density at radius 3 is 0.905 bits per heavy atom. The van der Waals surface area contributed by atoms with Gasteiger partial charge in [0.1, 0.15) is 13.2 Å². The molecule has 0 aromatic heterocycles. The van der Waals surface area contributed by atoms with E-state index in [1.807, 2.05) is 21.1 Å². The van der Waals surface area contributed by atoms with Crippen molar-refractivity contribution in [2.45, 2.75) is 399 Å². The second kappa shape index (κ2) is 76.2. The normalized spacial score (nSPS) is 13.1. The minimum atomic E-state index is -1.62. The average molecular weight is 1330 g/mol. The molecule has 0 aliphatic rings. The van der Waals surface area contributed by atoms with Crippen molar-refractivity contribution in [3.8, 4) is 0 Å². The van der Waals surface area contributed by atoms with Crippen molar-refractivity contribution in [2.75, 3.05) is 47.5 Å². The van der Waals surface area contributed by atoms with Crippen LogP contribution in [0.5, 0.6) is 0 Å². The topological polar surface area (TPSA) is 111 Å². The predicted molar refractivity (Wildman–Crippen MR) is 408 cm³/mol. The molecule has 0 rings (SSSR count). The van der Waals surface area contributed by atoms with Gasteiger partial charge in [-0.05, 0) is 89.9 Å². The number of hydrogen-bond donors (Lipinski definition) is 0. The molecule has 0 bridgehead atoms. The van der Waals surface area contributed by atoms with E-state index in [1.54, 1.807) is 0 Å². The summed E-state index contributed by atoms with van der Waals surface area (Å²) in [7, 11) is 5.95. The minimum absolute atomic E-state index is 0.149. The number of carbonyl (C=O) groups excluding carboxylic acids is 3. The number of quaternary nitrogens is 1. The number of esters is 2. The molecule has 0 N–H and O–H groups in total. The summed E-state index contributed by atoms with van der Waals surface area (Å²) in [6, 6.07) is 0. The summed E-state index contributed by atoms with van der Waals surface area (Å²) in [5.41, 5.74) is 0. The van der Waals surface area contributed by atoms with Crippen LogP contribution in [-0.2, 0) is 33.3 Å². The van der Waals surface area contributed by atoms with Crippen molar-refractivity contribution in [1.29, 1.82) is 0 Å². The molecule has 2 unspecified atom stereocenters. The molecule has 2 atom stereocenters. The molecule has 0 aliphatic heterocycles. The quantitative estimate of drug-likeness (QED) is 0.0195. The lowest BCUT2D eigenvalue weighted by molar-refractivity contribution is -0.870. The maximum Gasteiger partial charge on any atom is 0.306 e. The molecular formula is C86H155NO8. The van der Waals surface area contributed by atoms with E-state index >= 15 is 0 Å². The van der Waals surface area contributed by atoms with Crippen LogP contribution in [0, 0.1) is 0 Å². The van der Waals surface area contributed by atoms with Gasteiger partial charge < -0.3 is 33.3 Å². The van der Waals surface area contributed by atoms with Gasteiger partial charge in [0.25, 0.3) is 0 Å². The van der Waals surface area contributed by atoms with Gasteiger partial charge in [-0.2, -0.15) is 0 Å². The molecule has 0 saturated heterocycles. The van der Waals surface area contributed by atoms with Crippen LogP contribution in [-0.4, -0.2) is 82.3 Å². The van der Waals surface area contributed by atoms with Crippen molar-refractivity contribution >= 4 is 17.9 Å². The first-order chi connectivity index (χ1) is 46.6. The Kier molecular flexibility index (Phi) is 73.4. The van der Waals surface area contributed by atoms with Crippen LogP contribution in [0.3, 0.4) is 0 Å². The Hall–Kier alpha value is -3.53. The third kappa shape index (κ3) is 77.7. The monoisotopic (exact) mass is 1330 g/mol. The fourth-order valence-electron chi connectivity index (χ4n) is 12.0. The van der Waals surface area contributed by atoms with Gasteiger partial charge in [0, 0.05) is 12.8 Å². The molecule has 0 amide bonds. The fraction of sp³-hybridized carbons (Fsp3) is 0.802. The predicted octanol–water partition coefficient (Wildman–Crippen LogP) is 24.8. The van der Waals surface area contributed by atoms with Gasteiger partial charge in [-0.25, -0.2) is 0 Å². The number of aliphatic carboxylic acids is 1. The highest BCUT2D eigenvalue weighted by atomic mass is 16.7. The lowest BCUT2D eigenvalue weighted by Gasteiger charge is -2.26. The van der Waals surface area contributed by atoms with Crippen molar-refractivity contribution < 1.29 is 42.9 Å². The van der Waals surface area contributed by atoms with Crippen LogP contribution < -0.4 is 5.11 Å². The Labute approximate surface area is 589 Å². The Bertz CT molecular complexity index is 1840. The van der Waals surface area contributed by atoms with Crippen molar-refractivity contribution in [1.82, 2.24) is 0 Å². The lowest BCUT2D eigenvalue weighted by atomic mass is 10.0. The summed E-state index contributed by atoms with van der Waals surface area (Å²) in [5, 5.41) is 11.9. The number of likely N-dealkylation sites (N-methyl/N-ethyl adjacent to an activating group) is 1. The summed E-state index contributed by atoms with van der Waals surface area (Å²) in [6.07, 6.45) is 101. The van der Waals surface area contributed by atoms with Crippen LogP contribution in [0.15, 0.2) is 85.1 Å². The first-order valence-corrected chi connectivity index (χ1v) is 40.7. The zero-order chi connectivity index (χ0) is 69.0. The first-order valence-electron chi connectivity index (χ1n) is 40.7. The van der Waals surface area contributed by atoms with E-state index < -0.39 is 24.3 Å². The summed E-state index contributed by atoms with van der Waals surface area (Å²) in [5.74, 6) is -2.26. The smallest absolute Gasteiger partial charge is 0.306 e. The van der Waals surface area contributed by atoms with Gasteiger partial charge in [-0.3, -0.25) is 9.59 Å². The molecule has 0 aliphatic carbocycles. The van der Waals surface area contributed by atoms with Crippen LogP contribution in [0.2, 0.25) is 0 Å². The largest absolute Gasteiger partial charge is 0.545 e. The van der Waals surface area contributed by atoms with Crippen molar-refractivity contribution in [2.24, 2.45) is 0 Å². The lowest BCUT2D eigenvalue weighted by Crippen LogP contribution is -2.44. The van der Waals surface area contributed by atoms with Gasteiger partial charge in [0.15, 0.2) is 12.4 Å². The molecule has 0 aromatic carbocycles. The van der Waals surface area contributed by atoms with Gasteiger partial charge >= 0.3 is 11.9 Å². The SMILES string of the molecule is CC/C=C\C/C=C\C/C=C\C/C=C\C/C=C\C/C=C\CCCCCCCCCCCCCCCCCCCCCCCCC(=O)OC(COC(=O)CCCCCCCCCCCCCCCCCCC/C=C\CCCCCCCCCC)COC(OCC[N+](C)(C)C)C(=O)[O-]. The molecule has 0 fully saturated rings. The third-order valence-electron chi connectivity index (χ3n) is 18.1. The first kappa shape index (κ1) is 91.5. The molecule has 0 radical (unpaired) electrons. The number of carboxylic acid groups (broad SMARTS) is 1. The van der Waals surface area contributed by atoms with E-state index in [2.05, 4.69) is 98.9 Å². The van der Waals surface area contributed by atoms with Gasteiger partial charge in [0.05, 0.1) is 40.3 Å². The molecule has 552 valence electrons. The second-order valence-corrected chi connectivity index (χ2v) is 28.7. The highest BCUT2D eigenvalue weighted by Crippen LogP contribution is 2.19. The van der Waals surface area contributed by atoms with E-state index in [1.165, 1.54) is 283 Å². The molecule has 9 nitrogen and oxygen atoms in total. The summed E-state index contributed by atoms with van der Waals surface area (Å²) in [4.78, 5) is 37.6. The Morgan fingerprint density at radius 2 is 0.600 bits per heavy atom. The second-order valence-electron chi connectivity index (χ2n) is 28.7. The Balaban J connectivity index is 3.97. The number of nitrogens with zero attached hydrogens (tertiary/aromatic N) is 1. The average Bonchev–Trinajstić information content (AvgIpc) is 3.54. The molecule has 0 saturated carbocycles. The molecule has 95 heavy (non-hydrogen) atoms. The maximum atomic E-state index is 13.0. The molecule has 0 heterocycles. The molecule has 0 aromatic rings. The number of rotatable bonds is 76. The number of unbranched alkanes of at least 4 members (excludes halogenated alkanes) is 47.